The van der Waals surface area contributed by atoms with E-state index in [1.807, 2.05) is 0 Å². The fraction of sp³-hybridized carbons (Fsp3) is 0.211. The van der Waals surface area contributed by atoms with Crippen molar-refractivity contribution in [1.82, 2.24) is 10.2 Å². The Bertz CT molecular complexity index is 836. The molecule has 0 saturated heterocycles. The van der Waals surface area contributed by atoms with Crippen molar-refractivity contribution in [3.63, 3.8) is 0 Å². The molecule has 2 aromatic carbocycles. The van der Waals surface area contributed by atoms with Crippen molar-refractivity contribution in [2.75, 3.05) is 14.1 Å². The van der Waals surface area contributed by atoms with Crippen LogP contribution in [-0.2, 0) is 11.2 Å². The predicted octanol–water partition coefficient (Wildman–Crippen LogP) is 2.83. The Balaban J connectivity index is 2.06. The summed E-state index contributed by atoms with van der Waals surface area (Å²) in [5, 5.41) is 12.1. The molecular weight excluding hydrogens is 372 g/mol. The molecule has 0 fully saturated rings. The van der Waals surface area contributed by atoms with Crippen LogP contribution in [0.5, 0.6) is 5.75 Å². The number of hydrogen-bond donors (Lipinski definition) is 2. The predicted molar refractivity (Wildman–Crippen MR) is 100 cm³/mol. The van der Waals surface area contributed by atoms with Gasteiger partial charge in [-0.05, 0) is 29.8 Å². The summed E-state index contributed by atoms with van der Waals surface area (Å²) in [6.45, 7) is 0. The number of benzene rings is 2. The summed E-state index contributed by atoms with van der Waals surface area (Å²) >= 11 is 5.97. The second-order valence-electron chi connectivity index (χ2n) is 5.95. The summed E-state index contributed by atoms with van der Waals surface area (Å²) in [6.07, 6.45) is -0.453. The maximum absolute atomic E-state index is 12.3. The maximum Gasteiger partial charge on any atom is 0.414 e. The maximum atomic E-state index is 12.3. The standard InChI is InChI=1S/C19H19ClN2O5/c1-22(2)19(26)27-13-9-7-12(8-10-13)11-16(18(24)25)21-17(23)14-5-3-4-6-15(14)20/h3-10,16H,11H2,1-2H3,(H,21,23)(H,24,25)/t16-/m0/s1. The molecule has 1 atom stereocenters. The molecule has 0 unspecified atom stereocenters. The molecule has 2 rings (SSSR count). The van der Waals surface area contributed by atoms with Gasteiger partial charge in [0.15, 0.2) is 0 Å². The number of halogens is 1. The molecule has 8 heteroatoms. The van der Waals surface area contributed by atoms with E-state index in [-0.39, 0.29) is 17.0 Å². The summed E-state index contributed by atoms with van der Waals surface area (Å²) in [7, 11) is 3.13. The van der Waals surface area contributed by atoms with E-state index < -0.39 is 24.0 Å². The average Bonchev–Trinajstić information content (AvgIpc) is 2.62. The molecule has 0 heterocycles. The third-order valence-electron chi connectivity index (χ3n) is 3.66. The number of carboxylic acid groups (broad SMARTS) is 1. The fourth-order valence-corrected chi connectivity index (χ4v) is 2.42. The molecule has 0 aliphatic rings. The van der Waals surface area contributed by atoms with Gasteiger partial charge in [0.2, 0.25) is 0 Å². The summed E-state index contributed by atoms with van der Waals surface area (Å²) in [4.78, 5) is 36.6. The zero-order valence-corrected chi connectivity index (χ0v) is 15.6. The Morgan fingerprint density at radius 3 is 2.30 bits per heavy atom. The van der Waals surface area contributed by atoms with Gasteiger partial charge in [-0.25, -0.2) is 9.59 Å². The molecule has 0 aliphatic heterocycles. The van der Waals surface area contributed by atoms with Crippen molar-refractivity contribution in [3.05, 3.63) is 64.7 Å². The van der Waals surface area contributed by atoms with Gasteiger partial charge in [-0.1, -0.05) is 35.9 Å². The van der Waals surface area contributed by atoms with Gasteiger partial charge in [0.1, 0.15) is 11.8 Å². The van der Waals surface area contributed by atoms with Gasteiger partial charge in [-0.3, -0.25) is 4.79 Å². The molecule has 0 saturated carbocycles. The first kappa shape index (κ1) is 20.3. The molecule has 2 aromatic rings. The third kappa shape index (κ3) is 5.72. The number of ether oxygens (including phenoxy) is 1. The van der Waals surface area contributed by atoms with Crippen LogP contribution in [-0.4, -0.2) is 48.1 Å². The Morgan fingerprint density at radius 1 is 1.11 bits per heavy atom. The lowest BCUT2D eigenvalue weighted by Gasteiger charge is -2.16. The quantitative estimate of drug-likeness (QED) is 0.790. The molecule has 0 radical (unpaired) electrons. The van der Waals surface area contributed by atoms with E-state index in [0.717, 1.165) is 0 Å². The zero-order chi connectivity index (χ0) is 20.0. The normalized spacial score (nSPS) is 11.4. The van der Waals surface area contributed by atoms with E-state index in [1.165, 1.54) is 11.0 Å². The van der Waals surface area contributed by atoms with Gasteiger partial charge in [0.25, 0.3) is 5.91 Å². The molecule has 0 aliphatic carbocycles. The Kier molecular flexibility index (Phi) is 6.79. The van der Waals surface area contributed by atoms with E-state index in [9.17, 15) is 19.5 Å². The number of carbonyl (C=O) groups is 3. The minimum atomic E-state index is -1.17. The van der Waals surface area contributed by atoms with E-state index in [1.54, 1.807) is 56.6 Å². The molecule has 2 N–H and O–H groups in total. The Labute approximate surface area is 161 Å². The first-order valence-electron chi connectivity index (χ1n) is 8.04. The lowest BCUT2D eigenvalue weighted by atomic mass is 10.1. The van der Waals surface area contributed by atoms with E-state index in [4.69, 9.17) is 16.3 Å². The Morgan fingerprint density at radius 2 is 1.74 bits per heavy atom. The van der Waals surface area contributed by atoms with Crippen LogP contribution in [0.2, 0.25) is 5.02 Å². The number of hydrogen-bond acceptors (Lipinski definition) is 4. The number of carbonyl (C=O) groups excluding carboxylic acids is 2. The minimum absolute atomic E-state index is 0.0629. The van der Waals surface area contributed by atoms with Crippen LogP contribution in [0, 0.1) is 0 Å². The van der Waals surface area contributed by atoms with Crippen molar-refractivity contribution in [2.24, 2.45) is 0 Å². The van der Waals surface area contributed by atoms with E-state index in [2.05, 4.69) is 5.32 Å². The summed E-state index contributed by atoms with van der Waals surface area (Å²) in [5.74, 6) is -1.40. The lowest BCUT2D eigenvalue weighted by molar-refractivity contribution is -0.139. The number of amides is 2. The van der Waals surface area contributed by atoms with Gasteiger partial charge in [-0.15, -0.1) is 0 Å². The summed E-state index contributed by atoms with van der Waals surface area (Å²) in [6, 6.07) is 11.7. The van der Waals surface area contributed by atoms with Crippen LogP contribution in [0.4, 0.5) is 4.79 Å². The SMILES string of the molecule is CN(C)C(=O)Oc1ccc(C[C@H](NC(=O)c2ccccc2Cl)C(=O)O)cc1. The number of nitrogens with one attached hydrogen (secondary N) is 1. The van der Waals surface area contributed by atoms with E-state index >= 15 is 0 Å². The summed E-state index contributed by atoms with van der Waals surface area (Å²) in [5.41, 5.74) is 0.864. The van der Waals surface area contributed by atoms with Crippen LogP contribution in [0.25, 0.3) is 0 Å². The highest BCUT2D eigenvalue weighted by Gasteiger charge is 2.22. The molecule has 142 valence electrons. The van der Waals surface area contributed by atoms with Crippen LogP contribution in [0.1, 0.15) is 15.9 Å². The van der Waals surface area contributed by atoms with Crippen molar-refractivity contribution in [2.45, 2.75) is 12.5 Å². The van der Waals surface area contributed by atoms with Crippen LogP contribution in [0.3, 0.4) is 0 Å². The highest BCUT2D eigenvalue weighted by atomic mass is 35.5. The average molecular weight is 391 g/mol. The smallest absolute Gasteiger partial charge is 0.414 e. The van der Waals surface area contributed by atoms with Crippen molar-refractivity contribution >= 4 is 29.6 Å². The molecule has 2 amide bonds. The number of carboxylic acids is 1. The molecule has 27 heavy (non-hydrogen) atoms. The van der Waals surface area contributed by atoms with Gasteiger partial charge in [-0.2, -0.15) is 0 Å². The lowest BCUT2D eigenvalue weighted by Crippen LogP contribution is -2.42. The Hall–Kier alpha value is -3.06. The van der Waals surface area contributed by atoms with Crippen LogP contribution >= 0.6 is 11.6 Å². The van der Waals surface area contributed by atoms with Crippen LogP contribution < -0.4 is 10.1 Å². The molecule has 0 aromatic heterocycles. The highest BCUT2D eigenvalue weighted by molar-refractivity contribution is 6.33. The van der Waals surface area contributed by atoms with Gasteiger partial charge in [0, 0.05) is 20.5 Å². The minimum Gasteiger partial charge on any atom is -0.480 e. The molecule has 0 bridgehead atoms. The van der Waals surface area contributed by atoms with Gasteiger partial charge in [0.05, 0.1) is 10.6 Å². The zero-order valence-electron chi connectivity index (χ0n) is 14.8. The van der Waals surface area contributed by atoms with Crippen molar-refractivity contribution in [3.8, 4) is 5.75 Å². The highest BCUT2D eigenvalue weighted by Crippen LogP contribution is 2.17. The van der Waals surface area contributed by atoms with E-state index in [0.29, 0.717) is 11.3 Å². The monoisotopic (exact) mass is 390 g/mol. The third-order valence-corrected chi connectivity index (χ3v) is 3.98. The van der Waals surface area contributed by atoms with Gasteiger partial charge >= 0.3 is 12.1 Å². The van der Waals surface area contributed by atoms with Crippen molar-refractivity contribution in [1.29, 1.82) is 0 Å². The molecule has 7 nitrogen and oxygen atoms in total. The number of rotatable bonds is 6. The van der Waals surface area contributed by atoms with Gasteiger partial charge < -0.3 is 20.1 Å². The number of aliphatic carboxylic acids is 1. The first-order chi connectivity index (χ1) is 12.8. The second-order valence-corrected chi connectivity index (χ2v) is 6.36. The molecule has 0 spiro atoms. The number of nitrogens with zero attached hydrogens (tertiary/aromatic N) is 1. The van der Waals surface area contributed by atoms with Crippen LogP contribution in [0.15, 0.2) is 48.5 Å². The fourth-order valence-electron chi connectivity index (χ4n) is 2.20. The first-order valence-corrected chi connectivity index (χ1v) is 8.42. The topological polar surface area (TPSA) is 95.9 Å². The second kappa shape index (κ2) is 9.05. The largest absolute Gasteiger partial charge is 0.480 e. The van der Waals surface area contributed by atoms with Crippen molar-refractivity contribution < 1.29 is 24.2 Å². The summed E-state index contributed by atoms with van der Waals surface area (Å²) < 4.78 is 5.11. The molecular formula is C19H19ClN2O5.